The SMILES string of the molecule is C1=C(c2ccccc2)N=C(c2ccc(-n3c4ccccc4c4ccc5c6ccccc6n(-c6ccccc6)c5c43)nc2)NC1c1ccccc1. The van der Waals surface area contributed by atoms with Crippen LogP contribution in [0.2, 0.25) is 0 Å². The second kappa shape index (κ2) is 11.5. The van der Waals surface area contributed by atoms with Gasteiger partial charge >= 0.3 is 0 Å². The van der Waals surface area contributed by atoms with E-state index >= 15 is 0 Å². The van der Waals surface area contributed by atoms with Gasteiger partial charge in [0.2, 0.25) is 0 Å². The molecular weight excluding hydrogens is 611 g/mol. The van der Waals surface area contributed by atoms with Crippen molar-refractivity contribution in [2.45, 2.75) is 6.04 Å². The molecule has 0 radical (unpaired) electrons. The topological polar surface area (TPSA) is 47.1 Å². The highest BCUT2D eigenvalue weighted by Gasteiger charge is 2.23. The van der Waals surface area contributed by atoms with Crippen LogP contribution < -0.4 is 5.32 Å². The van der Waals surface area contributed by atoms with E-state index < -0.39 is 0 Å². The van der Waals surface area contributed by atoms with Gasteiger partial charge in [-0.2, -0.15) is 0 Å². The van der Waals surface area contributed by atoms with E-state index in [0.717, 1.165) is 45.2 Å². The average Bonchev–Trinajstić information content (AvgIpc) is 3.72. The summed E-state index contributed by atoms with van der Waals surface area (Å²) in [5.41, 5.74) is 9.86. The summed E-state index contributed by atoms with van der Waals surface area (Å²) in [6, 6.07) is 57.6. The molecule has 0 saturated carbocycles. The molecule has 0 spiro atoms. The van der Waals surface area contributed by atoms with Crippen LogP contribution in [-0.4, -0.2) is 20.0 Å². The predicted molar refractivity (Wildman–Crippen MR) is 206 cm³/mol. The zero-order valence-corrected chi connectivity index (χ0v) is 27.1. The molecule has 1 N–H and O–H groups in total. The van der Waals surface area contributed by atoms with Crippen molar-refractivity contribution in [1.29, 1.82) is 0 Å². The highest BCUT2D eigenvalue weighted by atomic mass is 15.1. The number of nitrogens with one attached hydrogen (secondary N) is 1. The van der Waals surface area contributed by atoms with Crippen LogP contribution in [-0.2, 0) is 0 Å². The second-order valence-electron chi connectivity index (χ2n) is 12.7. The Labute approximate surface area is 289 Å². The Morgan fingerprint density at radius 3 is 1.72 bits per heavy atom. The Hall–Kier alpha value is -6.72. The minimum absolute atomic E-state index is 0.0240. The smallest absolute Gasteiger partial charge is 0.137 e. The molecular formula is C45H31N5. The summed E-state index contributed by atoms with van der Waals surface area (Å²) in [5.74, 6) is 1.65. The van der Waals surface area contributed by atoms with Crippen molar-refractivity contribution in [2.24, 2.45) is 4.99 Å². The Morgan fingerprint density at radius 1 is 0.480 bits per heavy atom. The highest BCUT2D eigenvalue weighted by molar-refractivity contribution is 6.23. The maximum atomic E-state index is 5.17. The molecule has 5 nitrogen and oxygen atoms in total. The number of amidine groups is 1. The van der Waals surface area contributed by atoms with E-state index in [-0.39, 0.29) is 6.04 Å². The van der Waals surface area contributed by atoms with E-state index in [1.807, 2.05) is 18.3 Å². The number of benzene rings is 6. The minimum Gasteiger partial charge on any atom is -0.359 e. The fourth-order valence-corrected chi connectivity index (χ4v) is 7.54. The van der Waals surface area contributed by atoms with Gasteiger partial charge in [-0.1, -0.05) is 127 Å². The number of hydrogen-bond donors (Lipinski definition) is 1. The first-order valence-corrected chi connectivity index (χ1v) is 17.0. The van der Waals surface area contributed by atoms with E-state index in [1.165, 1.54) is 38.1 Å². The summed E-state index contributed by atoms with van der Waals surface area (Å²) >= 11 is 0. The number of hydrogen-bond acceptors (Lipinski definition) is 3. The van der Waals surface area contributed by atoms with Crippen molar-refractivity contribution in [3.05, 3.63) is 193 Å². The lowest BCUT2D eigenvalue weighted by molar-refractivity contribution is 0.780. The Morgan fingerprint density at radius 2 is 1.06 bits per heavy atom. The molecule has 3 aromatic heterocycles. The fourth-order valence-electron chi connectivity index (χ4n) is 7.54. The molecule has 0 aliphatic carbocycles. The highest BCUT2D eigenvalue weighted by Crippen LogP contribution is 2.41. The van der Waals surface area contributed by atoms with Crippen LogP contribution in [0.5, 0.6) is 0 Å². The van der Waals surface area contributed by atoms with Crippen LogP contribution in [0.15, 0.2) is 181 Å². The van der Waals surface area contributed by atoms with Gasteiger partial charge in [-0.15, -0.1) is 0 Å². The average molecular weight is 642 g/mol. The van der Waals surface area contributed by atoms with Crippen molar-refractivity contribution < 1.29 is 0 Å². The van der Waals surface area contributed by atoms with Gasteiger partial charge in [-0.25, -0.2) is 9.98 Å². The van der Waals surface area contributed by atoms with Gasteiger partial charge in [0.25, 0.3) is 0 Å². The number of rotatable bonds is 5. The predicted octanol–water partition coefficient (Wildman–Crippen LogP) is 10.4. The van der Waals surface area contributed by atoms with Crippen LogP contribution >= 0.6 is 0 Å². The lowest BCUT2D eigenvalue weighted by atomic mass is 10.0. The summed E-state index contributed by atoms with van der Waals surface area (Å²) in [6.07, 6.45) is 4.15. The van der Waals surface area contributed by atoms with Gasteiger partial charge < -0.3 is 9.88 Å². The third-order valence-corrected chi connectivity index (χ3v) is 9.81. The molecule has 0 bridgehead atoms. The van der Waals surface area contributed by atoms with Crippen LogP contribution in [0.4, 0.5) is 0 Å². The molecule has 1 aliphatic rings. The quantitative estimate of drug-likeness (QED) is 0.203. The zero-order chi connectivity index (χ0) is 33.0. The first-order chi connectivity index (χ1) is 24.8. The largest absolute Gasteiger partial charge is 0.359 e. The Kier molecular flexibility index (Phi) is 6.49. The van der Waals surface area contributed by atoms with Crippen LogP contribution in [0.25, 0.3) is 60.8 Å². The molecule has 5 heteroatoms. The molecule has 236 valence electrons. The van der Waals surface area contributed by atoms with Gasteiger partial charge in [-0.05, 0) is 53.6 Å². The molecule has 0 fully saturated rings. The van der Waals surface area contributed by atoms with E-state index in [2.05, 4.69) is 172 Å². The van der Waals surface area contributed by atoms with E-state index in [0.29, 0.717) is 0 Å². The van der Waals surface area contributed by atoms with Crippen molar-refractivity contribution >= 4 is 55.1 Å². The summed E-state index contributed by atoms with van der Waals surface area (Å²) in [7, 11) is 0. The summed E-state index contributed by atoms with van der Waals surface area (Å²) in [5, 5.41) is 8.52. The molecule has 1 atom stereocenters. The Bertz CT molecular complexity index is 2760. The number of para-hydroxylation sites is 3. The normalized spacial score (nSPS) is 14.6. The lowest BCUT2D eigenvalue weighted by Gasteiger charge is -2.24. The van der Waals surface area contributed by atoms with E-state index in [4.69, 9.17) is 9.98 Å². The fraction of sp³-hybridized carbons (Fsp3) is 0.0222. The molecule has 1 unspecified atom stereocenters. The molecule has 9 aromatic rings. The maximum absolute atomic E-state index is 5.17. The zero-order valence-electron chi connectivity index (χ0n) is 27.1. The number of aromatic nitrogens is 3. The first-order valence-electron chi connectivity index (χ1n) is 17.0. The van der Waals surface area contributed by atoms with Crippen molar-refractivity contribution in [3.63, 3.8) is 0 Å². The Balaban J connectivity index is 1.17. The number of nitrogens with zero attached hydrogens (tertiary/aromatic N) is 4. The van der Waals surface area contributed by atoms with Crippen LogP contribution in [0.1, 0.15) is 22.7 Å². The van der Waals surface area contributed by atoms with Crippen LogP contribution in [0, 0.1) is 0 Å². The molecule has 0 saturated heterocycles. The molecule has 1 aliphatic heterocycles. The third kappa shape index (κ3) is 4.48. The van der Waals surface area contributed by atoms with Crippen molar-refractivity contribution in [1.82, 2.24) is 19.4 Å². The van der Waals surface area contributed by atoms with E-state index in [9.17, 15) is 0 Å². The van der Waals surface area contributed by atoms with E-state index in [1.54, 1.807) is 0 Å². The standard InChI is InChI=1S/C45H31N5/c1-4-14-30(15-5-1)38-28-39(31-16-6-2-7-17-31)48-45(47-38)32-24-27-42(46-29-32)50-41-23-13-11-21-35(41)37-26-25-36-34-20-10-12-22-40(34)49(43(36)44(37)50)33-18-8-3-9-19-33/h1-29,38H,(H,47,48). The molecule has 0 amide bonds. The monoisotopic (exact) mass is 641 g/mol. The van der Waals surface area contributed by atoms with Crippen molar-refractivity contribution in [2.75, 3.05) is 0 Å². The molecule has 4 heterocycles. The maximum Gasteiger partial charge on any atom is 0.137 e. The number of fused-ring (bicyclic) bond motifs is 7. The van der Waals surface area contributed by atoms with Crippen LogP contribution in [0.3, 0.4) is 0 Å². The molecule has 50 heavy (non-hydrogen) atoms. The van der Waals surface area contributed by atoms with Gasteiger partial charge in [0.1, 0.15) is 11.7 Å². The molecule has 10 rings (SSSR count). The summed E-state index contributed by atoms with van der Waals surface area (Å²) in [4.78, 5) is 10.3. The molecule has 6 aromatic carbocycles. The van der Waals surface area contributed by atoms with Gasteiger partial charge in [0, 0.05) is 39.0 Å². The third-order valence-electron chi connectivity index (χ3n) is 9.81. The second-order valence-corrected chi connectivity index (χ2v) is 12.7. The van der Waals surface area contributed by atoms with Gasteiger partial charge in [0.05, 0.1) is 33.8 Å². The minimum atomic E-state index is -0.0240. The summed E-state index contributed by atoms with van der Waals surface area (Å²) in [6.45, 7) is 0. The summed E-state index contributed by atoms with van der Waals surface area (Å²) < 4.78 is 4.73. The first kappa shape index (κ1) is 28.3. The van der Waals surface area contributed by atoms with Gasteiger partial charge in [0.15, 0.2) is 0 Å². The van der Waals surface area contributed by atoms with Gasteiger partial charge in [-0.3, -0.25) is 4.57 Å². The van der Waals surface area contributed by atoms with Crippen molar-refractivity contribution in [3.8, 4) is 11.5 Å². The lowest BCUT2D eigenvalue weighted by Crippen LogP contribution is -2.31. The number of pyridine rings is 1. The number of aliphatic imine (C=N–C) groups is 1.